The average Bonchev–Trinajstić information content (AvgIpc) is 3.17. The zero-order valence-corrected chi connectivity index (χ0v) is 15.5. The molecule has 1 fully saturated rings. The summed E-state index contributed by atoms with van der Waals surface area (Å²) in [6.45, 7) is 2.62. The Morgan fingerprint density at radius 3 is 2.81 bits per heavy atom. The van der Waals surface area contributed by atoms with Crippen LogP contribution in [0, 0.1) is 6.92 Å². The molecular weight excluding hydrogens is 338 g/mol. The van der Waals surface area contributed by atoms with Crippen molar-refractivity contribution in [2.24, 2.45) is 0 Å². The lowest BCUT2D eigenvalue weighted by atomic mass is 10.0. The standard InChI is InChI=1S/C22H23N3O2/c1-16-8-7-12-23-20(16)22(26)25-13-6-5-11-19(25)21-24-15-18(27-21)14-17-9-3-2-4-10-17/h2-4,7-10,12,15,19H,5-6,11,13-14H2,1H3/t19-/m1/s1. The van der Waals surface area contributed by atoms with Crippen LogP contribution in [0.25, 0.3) is 0 Å². The Kier molecular flexibility index (Phi) is 5.01. The molecule has 1 aromatic carbocycles. The fraction of sp³-hybridized carbons (Fsp3) is 0.318. The van der Waals surface area contributed by atoms with Crippen LogP contribution in [0.2, 0.25) is 0 Å². The van der Waals surface area contributed by atoms with Gasteiger partial charge in [0.2, 0.25) is 5.89 Å². The van der Waals surface area contributed by atoms with Gasteiger partial charge >= 0.3 is 0 Å². The SMILES string of the molecule is Cc1cccnc1C(=O)N1CCCC[C@@H]1c1ncc(Cc2ccccc2)o1. The van der Waals surface area contributed by atoms with E-state index >= 15 is 0 Å². The van der Waals surface area contributed by atoms with Gasteiger partial charge < -0.3 is 9.32 Å². The van der Waals surface area contributed by atoms with E-state index < -0.39 is 0 Å². The molecule has 1 saturated heterocycles. The van der Waals surface area contributed by atoms with Crippen molar-refractivity contribution < 1.29 is 9.21 Å². The van der Waals surface area contributed by atoms with E-state index in [2.05, 4.69) is 22.1 Å². The molecule has 1 amide bonds. The molecule has 1 aliphatic heterocycles. The lowest BCUT2D eigenvalue weighted by Crippen LogP contribution is -2.39. The summed E-state index contributed by atoms with van der Waals surface area (Å²) in [4.78, 5) is 23.8. The Bertz CT molecular complexity index is 920. The first-order chi connectivity index (χ1) is 13.2. The van der Waals surface area contributed by atoms with Gasteiger partial charge in [-0.15, -0.1) is 0 Å². The van der Waals surface area contributed by atoms with Gasteiger partial charge in [0.25, 0.3) is 5.91 Å². The molecule has 5 nitrogen and oxygen atoms in total. The Labute approximate surface area is 159 Å². The molecule has 27 heavy (non-hydrogen) atoms. The van der Waals surface area contributed by atoms with Gasteiger partial charge in [0.1, 0.15) is 17.5 Å². The highest BCUT2D eigenvalue weighted by Gasteiger charge is 2.33. The van der Waals surface area contributed by atoms with Crippen molar-refractivity contribution in [3.05, 3.63) is 83.3 Å². The van der Waals surface area contributed by atoms with E-state index in [0.29, 0.717) is 24.6 Å². The third-order valence-corrected chi connectivity index (χ3v) is 5.05. The molecule has 5 heteroatoms. The molecule has 0 aliphatic carbocycles. The number of oxazole rings is 1. The van der Waals surface area contributed by atoms with Crippen molar-refractivity contribution in [2.75, 3.05) is 6.54 Å². The van der Waals surface area contributed by atoms with Gasteiger partial charge in [-0.05, 0) is 43.4 Å². The molecule has 4 rings (SSSR count). The van der Waals surface area contributed by atoms with Crippen molar-refractivity contribution in [3.8, 4) is 0 Å². The van der Waals surface area contributed by atoms with Crippen LogP contribution >= 0.6 is 0 Å². The number of pyridine rings is 1. The predicted octanol–water partition coefficient (Wildman–Crippen LogP) is 4.34. The number of rotatable bonds is 4. The quantitative estimate of drug-likeness (QED) is 0.694. The first-order valence-corrected chi connectivity index (χ1v) is 9.43. The zero-order valence-electron chi connectivity index (χ0n) is 15.5. The molecule has 0 unspecified atom stereocenters. The van der Waals surface area contributed by atoms with Gasteiger partial charge in [0, 0.05) is 19.2 Å². The molecule has 0 radical (unpaired) electrons. The number of hydrogen-bond donors (Lipinski definition) is 0. The average molecular weight is 361 g/mol. The van der Waals surface area contributed by atoms with Crippen LogP contribution < -0.4 is 0 Å². The Morgan fingerprint density at radius 1 is 1.15 bits per heavy atom. The fourth-order valence-electron chi connectivity index (χ4n) is 3.63. The van der Waals surface area contributed by atoms with Gasteiger partial charge in [0.05, 0.1) is 6.20 Å². The molecule has 1 aliphatic rings. The largest absolute Gasteiger partial charge is 0.443 e. The Morgan fingerprint density at radius 2 is 2.00 bits per heavy atom. The van der Waals surface area contributed by atoms with E-state index in [-0.39, 0.29) is 11.9 Å². The molecule has 0 bridgehead atoms. The summed E-state index contributed by atoms with van der Waals surface area (Å²) < 4.78 is 6.05. The van der Waals surface area contributed by atoms with E-state index in [0.717, 1.165) is 30.6 Å². The number of likely N-dealkylation sites (tertiary alicyclic amines) is 1. The topological polar surface area (TPSA) is 59.2 Å². The predicted molar refractivity (Wildman–Crippen MR) is 102 cm³/mol. The smallest absolute Gasteiger partial charge is 0.273 e. The summed E-state index contributed by atoms with van der Waals surface area (Å²) in [6, 6.07) is 13.8. The molecule has 0 spiro atoms. The monoisotopic (exact) mass is 361 g/mol. The summed E-state index contributed by atoms with van der Waals surface area (Å²) in [7, 11) is 0. The highest BCUT2D eigenvalue weighted by Crippen LogP contribution is 2.32. The lowest BCUT2D eigenvalue weighted by molar-refractivity contribution is 0.0563. The molecule has 3 aromatic rings. The second-order valence-electron chi connectivity index (χ2n) is 7.01. The Hall–Kier alpha value is -2.95. The number of piperidine rings is 1. The first kappa shape index (κ1) is 17.5. The number of benzene rings is 1. The van der Waals surface area contributed by atoms with Crippen molar-refractivity contribution >= 4 is 5.91 Å². The number of aryl methyl sites for hydroxylation is 1. The maximum Gasteiger partial charge on any atom is 0.273 e. The van der Waals surface area contributed by atoms with Gasteiger partial charge in [-0.25, -0.2) is 4.98 Å². The summed E-state index contributed by atoms with van der Waals surface area (Å²) in [5.41, 5.74) is 2.59. The summed E-state index contributed by atoms with van der Waals surface area (Å²) in [5.74, 6) is 1.41. The fourth-order valence-corrected chi connectivity index (χ4v) is 3.63. The minimum atomic E-state index is -0.128. The highest BCUT2D eigenvalue weighted by atomic mass is 16.4. The number of carbonyl (C=O) groups is 1. The summed E-state index contributed by atoms with van der Waals surface area (Å²) in [6.07, 6.45) is 7.07. The van der Waals surface area contributed by atoms with Gasteiger partial charge in [-0.2, -0.15) is 0 Å². The maximum absolute atomic E-state index is 13.1. The number of amides is 1. The van der Waals surface area contributed by atoms with Crippen molar-refractivity contribution in [3.63, 3.8) is 0 Å². The van der Waals surface area contributed by atoms with E-state index in [1.54, 1.807) is 12.4 Å². The number of hydrogen-bond acceptors (Lipinski definition) is 4. The Balaban J connectivity index is 1.56. The van der Waals surface area contributed by atoms with E-state index in [9.17, 15) is 4.79 Å². The van der Waals surface area contributed by atoms with Crippen molar-refractivity contribution in [1.82, 2.24) is 14.9 Å². The van der Waals surface area contributed by atoms with Crippen LogP contribution in [-0.2, 0) is 6.42 Å². The molecule has 138 valence electrons. The van der Waals surface area contributed by atoms with E-state index in [1.165, 1.54) is 5.56 Å². The highest BCUT2D eigenvalue weighted by molar-refractivity contribution is 5.93. The van der Waals surface area contributed by atoms with Crippen LogP contribution in [0.1, 0.15) is 58.6 Å². The molecular formula is C22H23N3O2. The third kappa shape index (κ3) is 3.77. The minimum Gasteiger partial charge on any atom is -0.443 e. The first-order valence-electron chi connectivity index (χ1n) is 9.43. The van der Waals surface area contributed by atoms with Crippen LogP contribution in [-0.4, -0.2) is 27.3 Å². The minimum absolute atomic E-state index is 0.0411. The molecule has 0 saturated carbocycles. The molecule has 1 atom stereocenters. The number of aromatic nitrogens is 2. The molecule has 2 aromatic heterocycles. The summed E-state index contributed by atoms with van der Waals surface area (Å²) >= 11 is 0. The van der Waals surface area contributed by atoms with Crippen molar-refractivity contribution in [1.29, 1.82) is 0 Å². The second-order valence-corrected chi connectivity index (χ2v) is 7.01. The molecule has 0 N–H and O–H groups in total. The number of carbonyl (C=O) groups excluding carboxylic acids is 1. The normalized spacial score (nSPS) is 17.1. The maximum atomic E-state index is 13.1. The van der Waals surface area contributed by atoms with Crippen molar-refractivity contribution in [2.45, 2.75) is 38.6 Å². The third-order valence-electron chi connectivity index (χ3n) is 5.05. The van der Waals surface area contributed by atoms with Crippen LogP contribution in [0.15, 0.2) is 59.3 Å². The molecule has 3 heterocycles. The van der Waals surface area contributed by atoms with Crippen LogP contribution in [0.5, 0.6) is 0 Å². The number of nitrogens with zero attached hydrogens (tertiary/aromatic N) is 3. The summed E-state index contributed by atoms with van der Waals surface area (Å²) in [5, 5.41) is 0. The zero-order chi connectivity index (χ0) is 18.6. The van der Waals surface area contributed by atoms with Gasteiger partial charge in [0.15, 0.2) is 0 Å². The van der Waals surface area contributed by atoms with Gasteiger partial charge in [-0.1, -0.05) is 36.4 Å². The van der Waals surface area contributed by atoms with Gasteiger partial charge in [-0.3, -0.25) is 9.78 Å². The second kappa shape index (κ2) is 7.74. The van der Waals surface area contributed by atoms with Crippen LogP contribution in [0.3, 0.4) is 0 Å². The van der Waals surface area contributed by atoms with E-state index in [1.807, 2.05) is 42.2 Å². The van der Waals surface area contributed by atoms with E-state index in [4.69, 9.17) is 4.42 Å². The lowest BCUT2D eigenvalue weighted by Gasteiger charge is -2.33. The van der Waals surface area contributed by atoms with Crippen LogP contribution in [0.4, 0.5) is 0 Å².